The van der Waals surface area contributed by atoms with Crippen LogP contribution in [0.1, 0.15) is 252 Å². The predicted molar refractivity (Wildman–Crippen MR) is 279 cm³/mol. The lowest BCUT2D eigenvalue weighted by Gasteiger charge is -2.18. The number of unbranched alkanes of at least 4 members (excludes halogenated alkanes) is 23. The van der Waals surface area contributed by atoms with Crippen molar-refractivity contribution >= 4 is 17.9 Å². The molecule has 0 heterocycles. The molecule has 65 heavy (non-hydrogen) atoms. The van der Waals surface area contributed by atoms with Gasteiger partial charge in [-0.25, -0.2) is 0 Å². The second-order valence-corrected chi connectivity index (χ2v) is 17.7. The summed E-state index contributed by atoms with van der Waals surface area (Å²) in [5.74, 6) is -0.943. The Bertz CT molecular complexity index is 1270. The maximum atomic E-state index is 12.8. The van der Waals surface area contributed by atoms with Crippen molar-refractivity contribution in [3.63, 3.8) is 0 Å². The molecule has 0 aliphatic carbocycles. The zero-order chi connectivity index (χ0) is 47.2. The maximum absolute atomic E-state index is 12.8. The highest BCUT2D eigenvalue weighted by atomic mass is 16.6. The van der Waals surface area contributed by atoms with Crippen molar-refractivity contribution in [3.05, 3.63) is 85.1 Å². The topological polar surface area (TPSA) is 78.9 Å². The second-order valence-electron chi connectivity index (χ2n) is 17.7. The van der Waals surface area contributed by atoms with Gasteiger partial charge >= 0.3 is 17.9 Å². The number of esters is 3. The summed E-state index contributed by atoms with van der Waals surface area (Å²) in [6.07, 6.45) is 68.5. The first-order chi connectivity index (χ1) is 32.0. The first kappa shape index (κ1) is 61.6. The molecule has 0 aromatic rings. The van der Waals surface area contributed by atoms with Crippen LogP contribution in [0.5, 0.6) is 0 Å². The Hall–Kier alpha value is -3.41. The van der Waals surface area contributed by atoms with Gasteiger partial charge in [-0.05, 0) is 89.9 Å². The molecule has 0 N–H and O–H groups in total. The molecule has 0 aliphatic rings. The lowest BCUT2D eigenvalue weighted by Crippen LogP contribution is -2.30. The van der Waals surface area contributed by atoms with Crippen LogP contribution < -0.4 is 0 Å². The molecular formula is C59H100O6. The SMILES string of the molecule is CC/C=C\C/C=C\C/C=C\C/C=C\CCCCC(=O)OC(COC(=O)CCCCCCCCC/C=C\C/C=C\C/C=C\CC)COC(=O)CCCCCCCCCCCCCCCCC. The predicted octanol–water partition coefficient (Wildman–Crippen LogP) is 18.0. The van der Waals surface area contributed by atoms with Gasteiger partial charge in [-0.2, -0.15) is 0 Å². The Morgan fingerprint density at radius 2 is 0.600 bits per heavy atom. The summed E-state index contributed by atoms with van der Waals surface area (Å²) in [5, 5.41) is 0. The van der Waals surface area contributed by atoms with Gasteiger partial charge in [-0.15, -0.1) is 0 Å². The minimum atomic E-state index is -0.801. The fraction of sp³-hybridized carbons (Fsp3) is 0.712. The van der Waals surface area contributed by atoms with Crippen molar-refractivity contribution in [2.24, 2.45) is 0 Å². The van der Waals surface area contributed by atoms with E-state index in [0.29, 0.717) is 19.3 Å². The molecule has 0 aliphatic heterocycles. The number of rotatable bonds is 48. The summed E-state index contributed by atoms with van der Waals surface area (Å²) in [6, 6.07) is 0. The second kappa shape index (κ2) is 53.2. The van der Waals surface area contributed by atoms with Gasteiger partial charge in [0.1, 0.15) is 13.2 Å². The number of ether oxygens (including phenoxy) is 3. The Labute approximate surface area is 401 Å². The molecule has 1 atom stereocenters. The number of hydrogen-bond acceptors (Lipinski definition) is 6. The lowest BCUT2D eigenvalue weighted by atomic mass is 10.0. The fourth-order valence-corrected chi connectivity index (χ4v) is 7.39. The molecule has 0 radical (unpaired) electrons. The summed E-state index contributed by atoms with van der Waals surface area (Å²) in [6.45, 7) is 6.38. The summed E-state index contributed by atoms with van der Waals surface area (Å²) in [4.78, 5) is 38.1. The Morgan fingerprint density at radius 3 is 0.969 bits per heavy atom. The third kappa shape index (κ3) is 51.4. The van der Waals surface area contributed by atoms with Crippen LogP contribution in [0.2, 0.25) is 0 Å². The van der Waals surface area contributed by atoms with Crippen LogP contribution in [0, 0.1) is 0 Å². The van der Waals surface area contributed by atoms with E-state index >= 15 is 0 Å². The normalized spacial score (nSPS) is 12.7. The first-order valence-corrected chi connectivity index (χ1v) is 27.1. The van der Waals surface area contributed by atoms with Crippen LogP contribution in [-0.2, 0) is 28.6 Å². The zero-order valence-electron chi connectivity index (χ0n) is 42.5. The van der Waals surface area contributed by atoms with Crippen molar-refractivity contribution in [3.8, 4) is 0 Å². The highest BCUT2D eigenvalue weighted by Crippen LogP contribution is 2.15. The van der Waals surface area contributed by atoms with Gasteiger partial charge in [-0.1, -0.05) is 228 Å². The molecule has 0 amide bonds. The molecule has 372 valence electrons. The van der Waals surface area contributed by atoms with E-state index < -0.39 is 6.10 Å². The van der Waals surface area contributed by atoms with Crippen LogP contribution in [0.4, 0.5) is 0 Å². The van der Waals surface area contributed by atoms with E-state index in [1.807, 2.05) is 0 Å². The largest absolute Gasteiger partial charge is 0.462 e. The monoisotopic (exact) mass is 905 g/mol. The van der Waals surface area contributed by atoms with Crippen molar-refractivity contribution in [2.75, 3.05) is 13.2 Å². The molecule has 0 spiro atoms. The van der Waals surface area contributed by atoms with Crippen LogP contribution >= 0.6 is 0 Å². The number of allylic oxidation sites excluding steroid dienone is 14. The van der Waals surface area contributed by atoms with E-state index in [9.17, 15) is 14.4 Å². The summed E-state index contributed by atoms with van der Waals surface area (Å²) >= 11 is 0. The lowest BCUT2D eigenvalue weighted by molar-refractivity contribution is -0.167. The average Bonchev–Trinajstić information content (AvgIpc) is 3.30. The fourth-order valence-electron chi connectivity index (χ4n) is 7.39. The Balaban J connectivity index is 4.45. The van der Waals surface area contributed by atoms with Crippen LogP contribution in [-0.4, -0.2) is 37.2 Å². The van der Waals surface area contributed by atoms with E-state index in [1.54, 1.807) is 0 Å². The van der Waals surface area contributed by atoms with E-state index in [4.69, 9.17) is 14.2 Å². The Kier molecular flexibility index (Phi) is 50.4. The van der Waals surface area contributed by atoms with Gasteiger partial charge in [0.2, 0.25) is 0 Å². The highest BCUT2D eigenvalue weighted by molar-refractivity contribution is 5.71. The summed E-state index contributed by atoms with van der Waals surface area (Å²) in [7, 11) is 0. The molecule has 0 saturated heterocycles. The van der Waals surface area contributed by atoms with Gasteiger partial charge in [0, 0.05) is 19.3 Å². The smallest absolute Gasteiger partial charge is 0.306 e. The maximum Gasteiger partial charge on any atom is 0.306 e. The molecule has 0 fully saturated rings. The summed E-state index contributed by atoms with van der Waals surface area (Å²) < 4.78 is 16.8. The van der Waals surface area contributed by atoms with Crippen molar-refractivity contribution in [2.45, 2.75) is 258 Å². The van der Waals surface area contributed by atoms with Crippen LogP contribution in [0.25, 0.3) is 0 Å². The third-order valence-corrected chi connectivity index (χ3v) is 11.4. The van der Waals surface area contributed by atoms with E-state index in [2.05, 4.69) is 106 Å². The molecule has 0 saturated carbocycles. The molecule has 1 unspecified atom stereocenters. The van der Waals surface area contributed by atoms with Gasteiger partial charge in [0.25, 0.3) is 0 Å². The molecule has 0 aromatic carbocycles. The van der Waals surface area contributed by atoms with Gasteiger partial charge in [0.15, 0.2) is 6.10 Å². The van der Waals surface area contributed by atoms with E-state index in [0.717, 1.165) is 103 Å². The van der Waals surface area contributed by atoms with Crippen molar-refractivity contribution in [1.82, 2.24) is 0 Å². The van der Waals surface area contributed by atoms with Gasteiger partial charge in [-0.3, -0.25) is 14.4 Å². The molecular weight excluding hydrogens is 805 g/mol. The standard InChI is InChI=1S/C59H100O6/c1-4-7-10-13-16-19-22-25-28-29-32-34-37-40-43-46-49-52-58(61)64-55-56(65-59(62)53-50-47-44-41-38-35-31-27-24-21-18-15-12-9-6-3)54-63-57(60)51-48-45-42-39-36-33-30-26-23-20-17-14-11-8-5-2/h7,9-10,12,16,18-19,21,25,27-28,31,38,41,56H,4-6,8,11,13-15,17,20,22-24,26,29-30,32-37,39-40,42-55H2,1-3H3/b10-7-,12-9-,19-16-,21-18-,28-25-,31-27-,41-38-. The van der Waals surface area contributed by atoms with E-state index in [-0.39, 0.29) is 37.5 Å². The Morgan fingerprint density at radius 1 is 0.323 bits per heavy atom. The van der Waals surface area contributed by atoms with Crippen LogP contribution in [0.15, 0.2) is 85.1 Å². The molecule has 0 bridgehead atoms. The van der Waals surface area contributed by atoms with E-state index in [1.165, 1.54) is 103 Å². The van der Waals surface area contributed by atoms with Crippen molar-refractivity contribution in [1.29, 1.82) is 0 Å². The first-order valence-electron chi connectivity index (χ1n) is 27.1. The average molecular weight is 905 g/mol. The minimum absolute atomic E-state index is 0.0949. The zero-order valence-corrected chi connectivity index (χ0v) is 42.5. The quantitative estimate of drug-likeness (QED) is 0.0262. The summed E-state index contributed by atoms with van der Waals surface area (Å²) in [5.41, 5.74) is 0. The number of carbonyl (C=O) groups is 3. The molecule has 0 aromatic heterocycles. The molecule has 6 heteroatoms. The minimum Gasteiger partial charge on any atom is -0.462 e. The molecule has 0 rings (SSSR count). The molecule has 6 nitrogen and oxygen atoms in total. The third-order valence-electron chi connectivity index (χ3n) is 11.4. The van der Waals surface area contributed by atoms with Gasteiger partial charge < -0.3 is 14.2 Å². The van der Waals surface area contributed by atoms with Crippen molar-refractivity contribution < 1.29 is 28.6 Å². The number of hydrogen-bond donors (Lipinski definition) is 0. The number of carbonyl (C=O) groups excluding carboxylic acids is 3. The van der Waals surface area contributed by atoms with Gasteiger partial charge in [0.05, 0.1) is 0 Å². The van der Waals surface area contributed by atoms with Crippen LogP contribution in [0.3, 0.4) is 0 Å². The highest BCUT2D eigenvalue weighted by Gasteiger charge is 2.19.